The van der Waals surface area contributed by atoms with Gasteiger partial charge in [-0.3, -0.25) is 10.6 Å². The Morgan fingerprint density at radius 1 is 0.759 bits per heavy atom. The molecule has 1 saturated heterocycles. The predicted molar refractivity (Wildman–Crippen MR) is 119 cm³/mol. The van der Waals surface area contributed by atoms with E-state index in [1.54, 1.807) is 0 Å². The van der Waals surface area contributed by atoms with Crippen LogP contribution in [0.4, 0.5) is 0 Å². The summed E-state index contributed by atoms with van der Waals surface area (Å²) < 4.78 is 0. The maximum Gasteiger partial charge on any atom is 0.122 e. The standard InChI is InChI=1S/C26H30N2O/c1-17-15-20(26(2,3)4)22(21(29)16-17)25-27-23(18-11-7-5-8-12-18)24(28-25)19-13-9-6-10-14-19/h5-16,23-25,27-29H,1-4H3/t23-,24-/m1/s1. The average molecular weight is 387 g/mol. The number of phenols is 1. The Morgan fingerprint density at radius 2 is 1.24 bits per heavy atom. The van der Waals surface area contributed by atoms with Crippen molar-refractivity contribution in [3.8, 4) is 5.75 Å². The summed E-state index contributed by atoms with van der Waals surface area (Å²) in [6.07, 6.45) is -0.139. The summed E-state index contributed by atoms with van der Waals surface area (Å²) in [6.45, 7) is 8.63. The monoisotopic (exact) mass is 386 g/mol. The van der Waals surface area contributed by atoms with Crippen molar-refractivity contribution in [2.24, 2.45) is 0 Å². The highest BCUT2D eigenvalue weighted by molar-refractivity contribution is 5.48. The second-order valence-electron chi connectivity index (χ2n) is 9.04. The van der Waals surface area contributed by atoms with Crippen LogP contribution in [0, 0.1) is 6.92 Å². The van der Waals surface area contributed by atoms with Gasteiger partial charge in [-0.05, 0) is 40.7 Å². The van der Waals surface area contributed by atoms with E-state index < -0.39 is 0 Å². The SMILES string of the molecule is Cc1cc(O)c(C2N[C@H](c3ccccc3)[C@@H](c3ccccc3)N2)c(C(C)(C)C)c1. The highest BCUT2D eigenvalue weighted by atomic mass is 16.3. The molecule has 0 bridgehead atoms. The topological polar surface area (TPSA) is 44.3 Å². The van der Waals surface area contributed by atoms with Crippen molar-refractivity contribution in [1.82, 2.24) is 10.6 Å². The van der Waals surface area contributed by atoms with Crippen LogP contribution in [-0.4, -0.2) is 5.11 Å². The van der Waals surface area contributed by atoms with E-state index in [4.69, 9.17) is 0 Å². The first-order chi connectivity index (χ1) is 13.8. The fourth-order valence-corrected chi connectivity index (χ4v) is 4.37. The minimum Gasteiger partial charge on any atom is -0.508 e. The van der Waals surface area contributed by atoms with E-state index in [-0.39, 0.29) is 23.7 Å². The number of hydrogen-bond acceptors (Lipinski definition) is 3. The van der Waals surface area contributed by atoms with Gasteiger partial charge in [0.1, 0.15) is 5.75 Å². The van der Waals surface area contributed by atoms with E-state index in [9.17, 15) is 5.11 Å². The summed E-state index contributed by atoms with van der Waals surface area (Å²) in [5.74, 6) is 0.348. The molecule has 29 heavy (non-hydrogen) atoms. The Bertz CT molecular complexity index is 929. The summed E-state index contributed by atoms with van der Waals surface area (Å²) in [5, 5.41) is 18.5. The first-order valence-corrected chi connectivity index (χ1v) is 10.3. The van der Waals surface area contributed by atoms with Gasteiger partial charge in [0, 0.05) is 5.56 Å². The van der Waals surface area contributed by atoms with Gasteiger partial charge in [0.15, 0.2) is 0 Å². The molecule has 1 heterocycles. The van der Waals surface area contributed by atoms with Crippen molar-refractivity contribution in [3.63, 3.8) is 0 Å². The van der Waals surface area contributed by atoms with Gasteiger partial charge < -0.3 is 5.11 Å². The number of aromatic hydroxyl groups is 1. The summed E-state index contributed by atoms with van der Waals surface area (Å²) in [7, 11) is 0. The lowest BCUT2D eigenvalue weighted by Crippen LogP contribution is -2.27. The van der Waals surface area contributed by atoms with Crippen LogP contribution in [0.1, 0.15) is 66.8 Å². The average Bonchev–Trinajstić information content (AvgIpc) is 3.13. The molecule has 4 rings (SSSR count). The molecule has 150 valence electrons. The van der Waals surface area contributed by atoms with Crippen LogP contribution in [-0.2, 0) is 5.41 Å². The predicted octanol–water partition coefficient (Wildman–Crippen LogP) is 5.67. The van der Waals surface area contributed by atoms with Gasteiger partial charge in [-0.25, -0.2) is 0 Å². The zero-order chi connectivity index (χ0) is 20.6. The van der Waals surface area contributed by atoms with Gasteiger partial charge in [0.05, 0.1) is 18.2 Å². The van der Waals surface area contributed by atoms with E-state index in [1.165, 1.54) is 16.7 Å². The third-order valence-electron chi connectivity index (χ3n) is 5.74. The van der Waals surface area contributed by atoms with E-state index in [0.717, 1.165) is 11.1 Å². The third kappa shape index (κ3) is 3.93. The molecule has 1 aliphatic heterocycles. The van der Waals surface area contributed by atoms with Gasteiger partial charge in [-0.1, -0.05) is 87.5 Å². The number of rotatable bonds is 3. The Labute approximate surface area is 173 Å². The summed E-state index contributed by atoms with van der Waals surface area (Å²) in [6, 6.07) is 25.3. The van der Waals surface area contributed by atoms with Crippen molar-refractivity contribution in [3.05, 3.63) is 101 Å². The number of benzene rings is 3. The van der Waals surface area contributed by atoms with E-state index in [0.29, 0.717) is 5.75 Å². The summed E-state index contributed by atoms with van der Waals surface area (Å²) >= 11 is 0. The van der Waals surface area contributed by atoms with Crippen LogP contribution in [0.15, 0.2) is 72.8 Å². The zero-order valence-corrected chi connectivity index (χ0v) is 17.6. The second-order valence-corrected chi connectivity index (χ2v) is 9.04. The molecule has 3 aromatic carbocycles. The molecular formula is C26H30N2O. The Morgan fingerprint density at radius 3 is 1.69 bits per heavy atom. The molecule has 3 N–H and O–H groups in total. The molecule has 0 unspecified atom stereocenters. The van der Waals surface area contributed by atoms with Gasteiger partial charge in [-0.2, -0.15) is 0 Å². The molecule has 0 spiro atoms. The normalized spacial score (nSPS) is 20.1. The van der Waals surface area contributed by atoms with Crippen LogP contribution < -0.4 is 10.6 Å². The lowest BCUT2D eigenvalue weighted by molar-refractivity contribution is 0.435. The van der Waals surface area contributed by atoms with Crippen molar-refractivity contribution in [2.45, 2.75) is 51.4 Å². The summed E-state index contributed by atoms with van der Waals surface area (Å²) in [5.41, 5.74) is 5.59. The van der Waals surface area contributed by atoms with Crippen molar-refractivity contribution in [1.29, 1.82) is 0 Å². The number of hydrogen-bond donors (Lipinski definition) is 3. The summed E-state index contributed by atoms with van der Waals surface area (Å²) in [4.78, 5) is 0. The van der Waals surface area contributed by atoms with Crippen molar-refractivity contribution in [2.75, 3.05) is 0 Å². The molecule has 0 amide bonds. The Kier molecular flexibility index (Phi) is 5.20. The van der Waals surface area contributed by atoms with Gasteiger partial charge in [-0.15, -0.1) is 0 Å². The smallest absolute Gasteiger partial charge is 0.122 e. The molecule has 3 aromatic rings. The van der Waals surface area contributed by atoms with E-state index in [1.807, 2.05) is 25.1 Å². The van der Waals surface area contributed by atoms with Crippen LogP contribution in [0.25, 0.3) is 0 Å². The highest BCUT2D eigenvalue weighted by Gasteiger charge is 2.38. The highest BCUT2D eigenvalue weighted by Crippen LogP contribution is 2.43. The second kappa shape index (κ2) is 7.66. The molecule has 1 aliphatic rings. The van der Waals surface area contributed by atoms with Gasteiger partial charge in [0.25, 0.3) is 0 Å². The molecular weight excluding hydrogens is 356 g/mol. The fraction of sp³-hybridized carbons (Fsp3) is 0.308. The maximum atomic E-state index is 10.9. The lowest BCUT2D eigenvalue weighted by atomic mass is 9.81. The Balaban J connectivity index is 1.80. The molecule has 1 fully saturated rings. The van der Waals surface area contributed by atoms with E-state index >= 15 is 0 Å². The van der Waals surface area contributed by atoms with Crippen LogP contribution in [0.3, 0.4) is 0 Å². The maximum absolute atomic E-state index is 10.9. The molecule has 0 radical (unpaired) electrons. The first kappa shape index (κ1) is 19.7. The molecule has 2 atom stereocenters. The minimum atomic E-state index is -0.139. The minimum absolute atomic E-state index is 0.0741. The van der Waals surface area contributed by atoms with Crippen molar-refractivity contribution >= 4 is 0 Å². The quantitative estimate of drug-likeness (QED) is 0.543. The number of aryl methyl sites for hydroxylation is 1. The molecule has 0 aliphatic carbocycles. The number of nitrogens with one attached hydrogen (secondary N) is 2. The number of phenolic OH excluding ortho intramolecular Hbond substituents is 1. The van der Waals surface area contributed by atoms with Crippen LogP contribution >= 0.6 is 0 Å². The zero-order valence-electron chi connectivity index (χ0n) is 17.6. The van der Waals surface area contributed by atoms with E-state index in [2.05, 4.69) is 86.0 Å². The van der Waals surface area contributed by atoms with Crippen LogP contribution in [0.2, 0.25) is 0 Å². The first-order valence-electron chi connectivity index (χ1n) is 10.3. The Hall–Kier alpha value is -2.62. The van der Waals surface area contributed by atoms with Crippen molar-refractivity contribution < 1.29 is 5.11 Å². The third-order valence-corrected chi connectivity index (χ3v) is 5.74. The molecule has 3 nitrogen and oxygen atoms in total. The molecule has 0 saturated carbocycles. The lowest BCUT2D eigenvalue weighted by Gasteiger charge is -2.27. The van der Waals surface area contributed by atoms with Crippen LogP contribution in [0.5, 0.6) is 5.75 Å². The van der Waals surface area contributed by atoms with Gasteiger partial charge >= 0.3 is 0 Å². The van der Waals surface area contributed by atoms with Gasteiger partial charge in [0.2, 0.25) is 0 Å². The molecule has 3 heteroatoms. The molecule has 0 aromatic heterocycles. The fourth-order valence-electron chi connectivity index (χ4n) is 4.37. The largest absolute Gasteiger partial charge is 0.508 e.